The Morgan fingerprint density at radius 2 is 1.84 bits per heavy atom. The molecule has 1 fully saturated rings. The predicted octanol–water partition coefficient (Wildman–Crippen LogP) is 2.50. The molecule has 1 aromatic carbocycles. The fourth-order valence-corrected chi connectivity index (χ4v) is 2.47. The zero-order chi connectivity index (χ0) is 13.7. The van der Waals surface area contributed by atoms with Crippen molar-refractivity contribution in [3.63, 3.8) is 0 Å². The Hall–Kier alpha value is -1.46. The lowest BCUT2D eigenvalue weighted by molar-refractivity contribution is -0.384. The molecule has 1 heterocycles. The maximum absolute atomic E-state index is 10.6. The standard InChI is InChI=1S/C14H20N2O3/c17-14(8-11-15-9-2-1-3-10-15)12-4-6-13(7-5-12)16(18)19/h4-7,14,17H,1-3,8-11H2/t14-/m1/s1. The van der Waals surface area contributed by atoms with Gasteiger partial charge in [0.15, 0.2) is 0 Å². The van der Waals surface area contributed by atoms with E-state index in [1.54, 1.807) is 12.1 Å². The van der Waals surface area contributed by atoms with Gasteiger partial charge >= 0.3 is 0 Å². The first kappa shape index (κ1) is 14.0. The van der Waals surface area contributed by atoms with Crippen molar-refractivity contribution in [1.82, 2.24) is 4.90 Å². The van der Waals surface area contributed by atoms with E-state index in [0.717, 1.165) is 25.2 Å². The molecule has 1 aliphatic rings. The highest BCUT2D eigenvalue weighted by Crippen LogP contribution is 2.21. The first-order valence-electron chi connectivity index (χ1n) is 6.81. The average Bonchev–Trinajstić information content (AvgIpc) is 2.46. The van der Waals surface area contributed by atoms with Gasteiger partial charge in [0.1, 0.15) is 0 Å². The molecule has 1 atom stereocenters. The second-order valence-electron chi connectivity index (χ2n) is 5.06. The molecule has 0 unspecified atom stereocenters. The van der Waals surface area contributed by atoms with Crippen LogP contribution >= 0.6 is 0 Å². The minimum atomic E-state index is -0.539. The van der Waals surface area contributed by atoms with Crippen molar-refractivity contribution in [2.75, 3.05) is 19.6 Å². The highest BCUT2D eigenvalue weighted by atomic mass is 16.6. The van der Waals surface area contributed by atoms with Gasteiger partial charge in [0.2, 0.25) is 0 Å². The van der Waals surface area contributed by atoms with E-state index in [4.69, 9.17) is 0 Å². The summed E-state index contributed by atoms with van der Waals surface area (Å²) in [7, 11) is 0. The molecule has 0 aliphatic carbocycles. The zero-order valence-electron chi connectivity index (χ0n) is 11.0. The van der Waals surface area contributed by atoms with Crippen LogP contribution in [0.4, 0.5) is 5.69 Å². The molecule has 1 saturated heterocycles. The van der Waals surface area contributed by atoms with Crippen LogP contribution in [0, 0.1) is 10.1 Å². The summed E-state index contributed by atoms with van der Waals surface area (Å²) in [5, 5.41) is 20.6. The summed E-state index contributed by atoms with van der Waals surface area (Å²) in [4.78, 5) is 12.5. The lowest BCUT2D eigenvalue weighted by Gasteiger charge is -2.27. The molecule has 0 radical (unpaired) electrons. The van der Waals surface area contributed by atoms with Gasteiger partial charge in [0.25, 0.3) is 5.69 Å². The van der Waals surface area contributed by atoms with Gasteiger partial charge in [-0.3, -0.25) is 10.1 Å². The highest BCUT2D eigenvalue weighted by molar-refractivity contribution is 5.33. The molecule has 2 rings (SSSR count). The second-order valence-corrected chi connectivity index (χ2v) is 5.06. The molecule has 0 bridgehead atoms. The van der Waals surface area contributed by atoms with E-state index in [9.17, 15) is 15.2 Å². The molecular formula is C14H20N2O3. The van der Waals surface area contributed by atoms with E-state index in [1.807, 2.05) is 0 Å². The van der Waals surface area contributed by atoms with Crippen molar-refractivity contribution in [2.45, 2.75) is 31.8 Å². The molecule has 0 saturated carbocycles. The number of likely N-dealkylation sites (tertiary alicyclic amines) is 1. The third kappa shape index (κ3) is 4.01. The van der Waals surface area contributed by atoms with Crippen LogP contribution in [0.25, 0.3) is 0 Å². The lowest BCUT2D eigenvalue weighted by atomic mass is 10.0. The van der Waals surface area contributed by atoms with Gasteiger partial charge < -0.3 is 10.0 Å². The normalized spacial score (nSPS) is 18.2. The maximum Gasteiger partial charge on any atom is 0.269 e. The number of aliphatic hydroxyl groups is 1. The fraction of sp³-hybridized carbons (Fsp3) is 0.571. The molecule has 0 amide bonds. The van der Waals surface area contributed by atoms with Gasteiger partial charge in [-0.15, -0.1) is 0 Å². The van der Waals surface area contributed by atoms with Crippen molar-refractivity contribution >= 4 is 5.69 Å². The van der Waals surface area contributed by atoms with Crippen LogP contribution in [0.5, 0.6) is 0 Å². The first-order chi connectivity index (χ1) is 9.16. The Kier molecular flexibility index (Phi) is 4.87. The van der Waals surface area contributed by atoms with E-state index >= 15 is 0 Å². The summed E-state index contributed by atoms with van der Waals surface area (Å²) in [5.74, 6) is 0. The van der Waals surface area contributed by atoms with Gasteiger partial charge in [0, 0.05) is 18.7 Å². The van der Waals surface area contributed by atoms with Gasteiger partial charge in [-0.25, -0.2) is 0 Å². The van der Waals surface area contributed by atoms with Crippen LogP contribution in [0.3, 0.4) is 0 Å². The van der Waals surface area contributed by atoms with Crippen LogP contribution < -0.4 is 0 Å². The number of piperidine rings is 1. The summed E-state index contributed by atoms with van der Waals surface area (Å²) < 4.78 is 0. The van der Waals surface area contributed by atoms with E-state index in [-0.39, 0.29) is 5.69 Å². The molecule has 0 spiro atoms. The molecule has 104 valence electrons. The number of hydrogen-bond acceptors (Lipinski definition) is 4. The minimum Gasteiger partial charge on any atom is -0.388 e. The summed E-state index contributed by atoms with van der Waals surface area (Å²) in [6, 6.07) is 6.16. The largest absolute Gasteiger partial charge is 0.388 e. The number of nitro benzene ring substituents is 1. The van der Waals surface area contributed by atoms with E-state index in [2.05, 4.69) is 4.90 Å². The topological polar surface area (TPSA) is 66.6 Å². The van der Waals surface area contributed by atoms with Crippen molar-refractivity contribution in [3.05, 3.63) is 39.9 Å². The van der Waals surface area contributed by atoms with Gasteiger partial charge in [-0.2, -0.15) is 0 Å². The van der Waals surface area contributed by atoms with Crippen molar-refractivity contribution in [2.24, 2.45) is 0 Å². The summed E-state index contributed by atoms with van der Waals surface area (Å²) >= 11 is 0. The number of non-ortho nitro benzene ring substituents is 1. The Balaban J connectivity index is 1.84. The maximum atomic E-state index is 10.6. The average molecular weight is 264 g/mol. The SMILES string of the molecule is O=[N+]([O-])c1ccc([C@H](O)CCN2CCCCC2)cc1. The Bertz CT molecular complexity index is 413. The first-order valence-corrected chi connectivity index (χ1v) is 6.81. The molecular weight excluding hydrogens is 244 g/mol. The summed E-state index contributed by atoms with van der Waals surface area (Å²) in [5.41, 5.74) is 0.814. The van der Waals surface area contributed by atoms with Gasteiger partial charge in [-0.05, 0) is 50.0 Å². The summed E-state index contributed by atoms with van der Waals surface area (Å²) in [6.07, 6.45) is 3.93. The molecule has 19 heavy (non-hydrogen) atoms. The Morgan fingerprint density at radius 3 is 2.42 bits per heavy atom. The molecule has 1 N–H and O–H groups in total. The van der Waals surface area contributed by atoms with Crippen molar-refractivity contribution < 1.29 is 10.0 Å². The van der Waals surface area contributed by atoms with Crippen molar-refractivity contribution in [1.29, 1.82) is 0 Å². The predicted molar refractivity (Wildman–Crippen MR) is 73.0 cm³/mol. The van der Waals surface area contributed by atoms with Crippen LogP contribution in [-0.4, -0.2) is 34.6 Å². The zero-order valence-corrected chi connectivity index (χ0v) is 11.0. The van der Waals surface area contributed by atoms with E-state index in [0.29, 0.717) is 6.42 Å². The third-order valence-corrected chi connectivity index (χ3v) is 3.66. The quantitative estimate of drug-likeness (QED) is 0.655. The number of hydrogen-bond donors (Lipinski definition) is 1. The number of aliphatic hydroxyl groups excluding tert-OH is 1. The van der Waals surface area contributed by atoms with E-state index < -0.39 is 11.0 Å². The number of nitro groups is 1. The minimum absolute atomic E-state index is 0.0620. The second kappa shape index (κ2) is 6.63. The van der Waals surface area contributed by atoms with E-state index in [1.165, 1.54) is 31.4 Å². The van der Waals surface area contributed by atoms with Crippen molar-refractivity contribution in [3.8, 4) is 0 Å². The monoisotopic (exact) mass is 264 g/mol. The third-order valence-electron chi connectivity index (χ3n) is 3.66. The van der Waals surface area contributed by atoms with Gasteiger partial charge in [0.05, 0.1) is 11.0 Å². The van der Waals surface area contributed by atoms with Crippen LogP contribution in [0.2, 0.25) is 0 Å². The molecule has 5 heteroatoms. The lowest BCUT2D eigenvalue weighted by Crippen LogP contribution is -2.31. The molecule has 0 aromatic heterocycles. The number of benzene rings is 1. The molecule has 1 aliphatic heterocycles. The highest BCUT2D eigenvalue weighted by Gasteiger charge is 2.14. The number of rotatable bonds is 5. The Labute approximate surface area is 113 Å². The van der Waals surface area contributed by atoms with Gasteiger partial charge in [-0.1, -0.05) is 6.42 Å². The van der Waals surface area contributed by atoms with Crippen LogP contribution in [0.1, 0.15) is 37.4 Å². The fourth-order valence-electron chi connectivity index (χ4n) is 2.47. The summed E-state index contributed by atoms with van der Waals surface area (Å²) in [6.45, 7) is 3.12. The van der Waals surface area contributed by atoms with Crippen LogP contribution in [0.15, 0.2) is 24.3 Å². The van der Waals surface area contributed by atoms with Crippen LogP contribution in [-0.2, 0) is 0 Å². The molecule has 5 nitrogen and oxygen atoms in total. The number of nitrogens with zero attached hydrogens (tertiary/aromatic N) is 2. The Morgan fingerprint density at radius 1 is 1.21 bits per heavy atom. The molecule has 1 aromatic rings. The smallest absolute Gasteiger partial charge is 0.269 e.